The smallest absolute Gasteiger partial charge is 0.133 e. The molecule has 166 valence electrons. The average Bonchev–Trinajstić information content (AvgIpc) is 3.32. The molecule has 0 unspecified atom stereocenters. The molecule has 0 saturated heterocycles. The number of benzene rings is 4. The number of ketones is 1. The molecule has 0 amide bonds. The van der Waals surface area contributed by atoms with E-state index in [1.807, 2.05) is 0 Å². The topological polar surface area (TPSA) is 17.1 Å². The largest absolute Gasteiger partial charge is 0.300 e. The molecule has 0 N–H and O–H groups in total. The quantitative estimate of drug-likeness (QED) is 0.307. The van der Waals surface area contributed by atoms with Crippen LogP contribution in [-0.2, 0) is 4.79 Å². The van der Waals surface area contributed by atoms with Crippen LogP contribution >= 0.6 is 0 Å². The predicted molar refractivity (Wildman–Crippen MR) is 141 cm³/mol. The Bertz CT molecular complexity index is 1150. The van der Waals surface area contributed by atoms with Crippen LogP contribution in [0.5, 0.6) is 0 Å². The van der Waals surface area contributed by atoms with Gasteiger partial charge in [-0.05, 0) is 64.3 Å². The van der Waals surface area contributed by atoms with Gasteiger partial charge in [-0.15, -0.1) is 0 Å². The van der Waals surface area contributed by atoms with E-state index in [0.29, 0.717) is 0 Å². The number of hydrogen-bond donors (Lipinski definition) is 0. The van der Waals surface area contributed by atoms with Crippen molar-refractivity contribution in [2.45, 2.75) is 19.8 Å². The highest BCUT2D eigenvalue weighted by atomic mass is 16.1. The van der Waals surface area contributed by atoms with Crippen molar-refractivity contribution in [3.8, 4) is 0 Å². The molecule has 4 aromatic carbocycles. The summed E-state index contributed by atoms with van der Waals surface area (Å²) in [5.74, 6) is 0.253. The summed E-state index contributed by atoms with van der Waals surface area (Å²) in [5.41, 5.74) is 9.75. The fourth-order valence-corrected chi connectivity index (χ4v) is 5.05. The second-order valence-corrected chi connectivity index (χ2v) is 8.89. The number of allylic oxidation sites excluding steroid dienone is 2. The van der Waals surface area contributed by atoms with Crippen LogP contribution in [0.15, 0.2) is 132 Å². The highest BCUT2D eigenvalue weighted by Gasteiger charge is 2.33. The van der Waals surface area contributed by atoms with Gasteiger partial charge >= 0.3 is 0 Å². The normalized spacial score (nSPS) is 13.7. The van der Waals surface area contributed by atoms with Crippen molar-refractivity contribution in [3.05, 3.63) is 155 Å². The van der Waals surface area contributed by atoms with Crippen molar-refractivity contribution in [1.29, 1.82) is 0 Å². The monoisotopic (exact) mass is 440 g/mol. The molecule has 0 radical (unpaired) electrons. The van der Waals surface area contributed by atoms with Crippen LogP contribution in [-0.4, -0.2) is 5.78 Å². The molecule has 4 aromatic rings. The Morgan fingerprint density at radius 1 is 0.500 bits per heavy atom. The van der Waals surface area contributed by atoms with Crippen molar-refractivity contribution < 1.29 is 4.79 Å². The van der Waals surface area contributed by atoms with Crippen molar-refractivity contribution in [1.82, 2.24) is 0 Å². The molecule has 0 aromatic heterocycles. The lowest BCUT2D eigenvalue weighted by molar-refractivity contribution is -0.120. The van der Waals surface area contributed by atoms with E-state index in [1.54, 1.807) is 6.92 Å². The summed E-state index contributed by atoms with van der Waals surface area (Å²) in [4.78, 5) is 12.7. The fraction of sp³-hybridized carbons (Fsp3) is 0.121. The van der Waals surface area contributed by atoms with Gasteiger partial charge in [0.15, 0.2) is 0 Å². The predicted octanol–water partition coefficient (Wildman–Crippen LogP) is 7.99. The Hall–Kier alpha value is -3.97. The van der Waals surface area contributed by atoms with Gasteiger partial charge in [0, 0.05) is 5.92 Å². The van der Waals surface area contributed by atoms with E-state index in [-0.39, 0.29) is 11.7 Å². The number of hydrogen-bond acceptors (Lipinski definition) is 1. The van der Waals surface area contributed by atoms with Gasteiger partial charge in [0.25, 0.3) is 0 Å². The molecule has 0 heterocycles. The summed E-state index contributed by atoms with van der Waals surface area (Å²) >= 11 is 0. The van der Waals surface area contributed by atoms with E-state index >= 15 is 0 Å². The van der Waals surface area contributed by atoms with Crippen LogP contribution in [0, 0.1) is 5.92 Å². The van der Waals surface area contributed by atoms with Gasteiger partial charge in [0.2, 0.25) is 0 Å². The molecule has 1 aliphatic carbocycles. The number of Topliss-reactive ketones (excluding diaryl/α,β-unsaturated/α-hetero) is 1. The second-order valence-electron chi connectivity index (χ2n) is 8.89. The molecule has 1 fully saturated rings. The minimum Gasteiger partial charge on any atom is -0.300 e. The van der Waals surface area contributed by atoms with Crippen LogP contribution in [0.1, 0.15) is 42.0 Å². The first-order valence-corrected chi connectivity index (χ1v) is 11.9. The summed E-state index contributed by atoms with van der Waals surface area (Å²) < 4.78 is 0. The number of rotatable bonds is 5. The Balaban J connectivity index is 1.87. The van der Waals surface area contributed by atoms with Gasteiger partial charge in [0.1, 0.15) is 5.78 Å². The minimum absolute atomic E-state index is 0.00477. The summed E-state index contributed by atoms with van der Waals surface area (Å²) in [6.45, 7) is 1.74. The third-order valence-electron chi connectivity index (χ3n) is 6.69. The van der Waals surface area contributed by atoms with E-state index < -0.39 is 0 Å². The zero-order valence-electron chi connectivity index (χ0n) is 19.4. The van der Waals surface area contributed by atoms with Crippen molar-refractivity contribution in [2.24, 2.45) is 5.92 Å². The van der Waals surface area contributed by atoms with E-state index in [2.05, 4.69) is 121 Å². The highest BCUT2D eigenvalue weighted by Crippen LogP contribution is 2.47. The standard InChI is InChI=1S/C33H28O/c1-24(34)29-22-30(32(25-14-6-2-7-15-25)26-16-8-3-9-17-26)31(23-29)33(27-18-10-4-11-19-27)28-20-12-5-13-21-28/h2-21,29H,22-23H2,1H3. The maximum Gasteiger partial charge on any atom is 0.133 e. The Morgan fingerprint density at radius 2 is 0.765 bits per heavy atom. The maximum absolute atomic E-state index is 12.7. The lowest BCUT2D eigenvalue weighted by atomic mass is 9.85. The first kappa shape index (κ1) is 21.9. The van der Waals surface area contributed by atoms with Gasteiger partial charge in [-0.2, -0.15) is 0 Å². The lowest BCUT2D eigenvalue weighted by Crippen LogP contribution is -2.05. The third-order valence-corrected chi connectivity index (χ3v) is 6.69. The molecule has 1 nitrogen and oxygen atoms in total. The molecule has 0 bridgehead atoms. The molecule has 1 aliphatic rings. The molecule has 0 atom stereocenters. The second kappa shape index (κ2) is 9.89. The third kappa shape index (κ3) is 4.43. The van der Waals surface area contributed by atoms with Crippen LogP contribution in [0.4, 0.5) is 0 Å². The average molecular weight is 441 g/mol. The van der Waals surface area contributed by atoms with Gasteiger partial charge in [-0.1, -0.05) is 121 Å². The van der Waals surface area contributed by atoms with E-state index in [0.717, 1.165) is 12.8 Å². The summed E-state index contributed by atoms with van der Waals surface area (Å²) in [7, 11) is 0. The van der Waals surface area contributed by atoms with Crippen molar-refractivity contribution >= 4 is 16.9 Å². The molecule has 5 rings (SSSR count). The SMILES string of the molecule is CC(=O)C1CC(=C(c2ccccc2)c2ccccc2)C(=C(c2ccccc2)c2ccccc2)C1. The molecular weight excluding hydrogens is 412 g/mol. The van der Waals surface area contributed by atoms with E-state index in [4.69, 9.17) is 0 Å². The number of carbonyl (C=O) groups excluding carboxylic acids is 1. The van der Waals surface area contributed by atoms with Gasteiger partial charge in [0.05, 0.1) is 0 Å². The summed E-state index contributed by atoms with van der Waals surface area (Å²) in [6.07, 6.45) is 1.51. The first-order valence-electron chi connectivity index (χ1n) is 11.9. The van der Waals surface area contributed by atoms with Crippen LogP contribution < -0.4 is 0 Å². The number of carbonyl (C=O) groups is 1. The van der Waals surface area contributed by atoms with Gasteiger partial charge < -0.3 is 0 Å². The maximum atomic E-state index is 12.7. The molecule has 1 heteroatoms. The van der Waals surface area contributed by atoms with E-state index in [1.165, 1.54) is 44.5 Å². The fourth-order valence-electron chi connectivity index (χ4n) is 5.05. The minimum atomic E-state index is -0.00477. The van der Waals surface area contributed by atoms with Gasteiger partial charge in [-0.3, -0.25) is 4.79 Å². The highest BCUT2D eigenvalue weighted by molar-refractivity contribution is 5.94. The van der Waals surface area contributed by atoms with Gasteiger partial charge in [-0.25, -0.2) is 0 Å². The van der Waals surface area contributed by atoms with Crippen LogP contribution in [0.2, 0.25) is 0 Å². The molecule has 0 aliphatic heterocycles. The molecule has 1 saturated carbocycles. The van der Waals surface area contributed by atoms with Crippen LogP contribution in [0.25, 0.3) is 11.1 Å². The molecule has 34 heavy (non-hydrogen) atoms. The zero-order chi connectivity index (χ0) is 23.3. The summed E-state index contributed by atoms with van der Waals surface area (Å²) in [6, 6.07) is 42.4. The first-order chi connectivity index (χ1) is 16.7. The zero-order valence-corrected chi connectivity index (χ0v) is 19.4. The molecule has 0 spiro atoms. The summed E-state index contributed by atoms with van der Waals surface area (Å²) in [5, 5.41) is 0. The Kier molecular flexibility index (Phi) is 6.35. The van der Waals surface area contributed by atoms with Crippen molar-refractivity contribution in [3.63, 3.8) is 0 Å². The lowest BCUT2D eigenvalue weighted by Gasteiger charge is -2.18. The van der Waals surface area contributed by atoms with E-state index in [9.17, 15) is 4.79 Å². The molecular formula is C33H28O. The van der Waals surface area contributed by atoms with Crippen LogP contribution in [0.3, 0.4) is 0 Å². The Morgan fingerprint density at radius 3 is 1.00 bits per heavy atom. The Labute approximate surface area is 202 Å². The van der Waals surface area contributed by atoms with Crippen molar-refractivity contribution in [2.75, 3.05) is 0 Å².